The smallest absolute Gasteiger partial charge is 0.173 e. The first-order valence-corrected chi connectivity index (χ1v) is 9.32. The second-order valence-corrected chi connectivity index (χ2v) is 9.24. The van der Waals surface area contributed by atoms with Gasteiger partial charge in [-0.05, 0) is 55.3 Å². The summed E-state index contributed by atoms with van der Waals surface area (Å²) in [5, 5.41) is 22.1. The number of hydrogen-bond donors (Lipinski definition) is 2. The monoisotopic (exact) mass is 324 g/mol. The van der Waals surface area contributed by atoms with Gasteiger partial charge in [-0.1, -0.05) is 26.7 Å². The molecule has 0 aromatic rings. The quantitative estimate of drug-likeness (QED) is 0.720. The second kappa shape index (κ2) is 4.78. The van der Waals surface area contributed by atoms with Crippen molar-refractivity contribution in [3.05, 3.63) is 0 Å². The number of aliphatic hydroxyl groups excluding tert-OH is 1. The number of carbonyl (C=O) groups is 1. The molecular formula is C19H29FO3. The first-order valence-electron chi connectivity index (χ1n) is 9.32. The van der Waals surface area contributed by atoms with Gasteiger partial charge in [0.2, 0.25) is 0 Å². The molecule has 0 radical (unpaired) electrons. The standard InChI is InChI=1S/C19H29FO3/c1-17-8-5-11-15(12(17)9-13(20)16(17)22)14(21)10-19(23)7-4-3-6-18(11,19)2/h11-15,21,23H,3-10H2,1-2H3/t11-,12-,13+,14-,15+,17-,18+,19-/m0/s1. The Morgan fingerprint density at radius 3 is 2.57 bits per heavy atom. The molecular weight excluding hydrogens is 295 g/mol. The number of carbonyl (C=O) groups excluding carboxylic acids is 1. The predicted octanol–water partition coefficient (Wildman–Crippen LogP) is 3.02. The fourth-order valence-corrected chi connectivity index (χ4v) is 7.00. The summed E-state index contributed by atoms with van der Waals surface area (Å²) in [5.41, 5.74) is -1.60. The van der Waals surface area contributed by atoms with Crippen LogP contribution in [0, 0.1) is 28.6 Å². The molecule has 130 valence electrons. The first kappa shape index (κ1) is 16.0. The van der Waals surface area contributed by atoms with E-state index in [1.807, 2.05) is 6.92 Å². The molecule has 0 amide bonds. The van der Waals surface area contributed by atoms with E-state index in [4.69, 9.17) is 0 Å². The van der Waals surface area contributed by atoms with Crippen molar-refractivity contribution in [2.24, 2.45) is 28.6 Å². The van der Waals surface area contributed by atoms with E-state index in [-0.39, 0.29) is 35.4 Å². The van der Waals surface area contributed by atoms with Crippen molar-refractivity contribution in [3.63, 3.8) is 0 Å². The summed E-state index contributed by atoms with van der Waals surface area (Å²) < 4.78 is 14.2. The van der Waals surface area contributed by atoms with Gasteiger partial charge in [0.15, 0.2) is 12.0 Å². The van der Waals surface area contributed by atoms with E-state index >= 15 is 0 Å². The number of rotatable bonds is 0. The number of ketones is 1. The van der Waals surface area contributed by atoms with Crippen LogP contribution in [0.1, 0.15) is 65.2 Å². The number of fused-ring (bicyclic) bond motifs is 5. The number of hydrogen-bond acceptors (Lipinski definition) is 3. The maximum Gasteiger partial charge on any atom is 0.173 e. The van der Waals surface area contributed by atoms with Gasteiger partial charge < -0.3 is 10.2 Å². The molecule has 4 heteroatoms. The van der Waals surface area contributed by atoms with Crippen molar-refractivity contribution < 1.29 is 19.4 Å². The maximum absolute atomic E-state index is 14.2. The molecule has 0 bridgehead atoms. The van der Waals surface area contributed by atoms with Crippen molar-refractivity contribution in [1.29, 1.82) is 0 Å². The summed E-state index contributed by atoms with van der Waals surface area (Å²) in [6.07, 6.45) is 4.08. The van der Waals surface area contributed by atoms with E-state index in [1.54, 1.807) is 0 Å². The molecule has 0 aromatic carbocycles. The average molecular weight is 324 g/mol. The third-order valence-electron chi connectivity index (χ3n) is 8.44. The molecule has 4 saturated carbocycles. The van der Waals surface area contributed by atoms with E-state index in [2.05, 4.69) is 6.92 Å². The molecule has 23 heavy (non-hydrogen) atoms. The van der Waals surface area contributed by atoms with Gasteiger partial charge in [0.25, 0.3) is 0 Å². The van der Waals surface area contributed by atoms with E-state index in [0.29, 0.717) is 12.8 Å². The summed E-state index contributed by atoms with van der Waals surface area (Å²) in [6, 6.07) is 0. The Labute approximate surface area is 137 Å². The second-order valence-electron chi connectivity index (χ2n) is 9.24. The van der Waals surface area contributed by atoms with Crippen LogP contribution in [-0.2, 0) is 4.79 Å². The van der Waals surface area contributed by atoms with Gasteiger partial charge in [0, 0.05) is 11.8 Å². The number of aliphatic hydroxyl groups is 2. The molecule has 2 N–H and O–H groups in total. The molecule has 0 saturated heterocycles. The molecule has 0 heterocycles. The van der Waals surface area contributed by atoms with Gasteiger partial charge >= 0.3 is 0 Å². The molecule has 4 rings (SSSR count). The van der Waals surface area contributed by atoms with Crippen LogP contribution in [0.4, 0.5) is 4.39 Å². The molecule has 4 aliphatic rings. The molecule has 4 aliphatic carbocycles. The molecule has 0 aromatic heterocycles. The topological polar surface area (TPSA) is 57.5 Å². The Kier molecular flexibility index (Phi) is 3.33. The van der Waals surface area contributed by atoms with Gasteiger partial charge in [-0.2, -0.15) is 0 Å². The van der Waals surface area contributed by atoms with Crippen LogP contribution in [0.25, 0.3) is 0 Å². The van der Waals surface area contributed by atoms with Crippen molar-refractivity contribution in [2.75, 3.05) is 0 Å². The summed E-state index contributed by atoms with van der Waals surface area (Å²) in [4.78, 5) is 12.4. The van der Waals surface area contributed by atoms with Gasteiger partial charge in [-0.25, -0.2) is 4.39 Å². The molecule has 0 unspecified atom stereocenters. The summed E-state index contributed by atoms with van der Waals surface area (Å²) >= 11 is 0. The van der Waals surface area contributed by atoms with Gasteiger partial charge in [0.1, 0.15) is 0 Å². The predicted molar refractivity (Wildman–Crippen MR) is 84.5 cm³/mol. The van der Waals surface area contributed by atoms with Crippen LogP contribution in [0.2, 0.25) is 0 Å². The number of Topliss-reactive ketones (excluding diaryl/α,β-unsaturated/α-hetero) is 1. The highest BCUT2D eigenvalue weighted by Gasteiger charge is 2.67. The molecule has 8 atom stereocenters. The van der Waals surface area contributed by atoms with Gasteiger partial charge in [-0.15, -0.1) is 0 Å². The van der Waals surface area contributed by atoms with Crippen molar-refractivity contribution >= 4 is 5.78 Å². The van der Waals surface area contributed by atoms with E-state index < -0.39 is 23.3 Å². The average Bonchev–Trinajstić information content (AvgIpc) is 2.72. The van der Waals surface area contributed by atoms with Crippen LogP contribution >= 0.6 is 0 Å². The summed E-state index contributed by atoms with van der Waals surface area (Å²) in [6.45, 7) is 4.09. The zero-order valence-corrected chi connectivity index (χ0v) is 14.2. The third kappa shape index (κ3) is 1.85. The van der Waals surface area contributed by atoms with Crippen LogP contribution in [-0.4, -0.2) is 33.9 Å². The summed E-state index contributed by atoms with van der Waals surface area (Å²) in [7, 11) is 0. The molecule has 0 aliphatic heterocycles. The fraction of sp³-hybridized carbons (Fsp3) is 0.947. The zero-order valence-electron chi connectivity index (χ0n) is 14.2. The minimum absolute atomic E-state index is 0.0400. The highest BCUT2D eigenvalue weighted by Crippen LogP contribution is 2.66. The lowest BCUT2D eigenvalue weighted by Crippen LogP contribution is -2.65. The first-order chi connectivity index (χ1) is 10.7. The van der Waals surface area contributed by atoms with Crippen LogP contribution < -0.4 is 0 Å². The Morgan fingerprint density at radius 1 is 1.13 bits per heavy atom. The minimum Gasteiger partial charge on any atom is -0.393 e. The highest BCUT2D eigenvalue weighted by molar-refractivity contribution is 5.91. The number of halogens is 1. The maximum atomic E-state index is 14.2. The summed E-state index contributed by atoms with van der Waals surface area (Å²) in [5.74, 6) is -0.153. The van der Waals surface area contributed by atoms with E-state index in [9.17, 15) is 19.4 Å². The van der Waals surface area contributed by atoms with E-state index in [0.717, 1.165) is 32.1 Å². The highest BCUT2D eigenvalue weighted by atomic mass is 19.1. The molecule has 0 spiro atoms. The van der Waals surface area contributed by atoms with Gasteiger partial charge in [0.05, 0.1) is 11.7 Å². The Bertz CT molecular complexity index is 537. The lowest BCUT2D eigenvalue weighted by atomic mass is 9.43. The number of alkyl halides is 1. The van der Waals surface area contributed by atoms with Crippen molar-refractivity contribution in [2.45, 2.75) is 83.1 Å². The minimum atomic E-state index is -1.36. The van der Waals surface area contributed by atoms with E-state index in [1.165, 1.54) is 0 Å². The normalized spacial score (nSPS) is 59.2. The lowest BCUT2D eigenvalue weighted by molar-refractivity contribution is -0.234. The molecule has 4 fully saturated rings. The Hall–Kier alpha value is -0.480. The lowest BCUT2D eigenvalue weighted by Gasteiger charge is -2.64. The van der Waals surface area contributed by atoms with Crippen LogP contribution in [0.15, 0.2) is 0 Å². The van der Waals surface area contributed by atoms with Crippen LogP contribution in [0.5, 0.6) is 0 Å². The SMILES string of the molecule is C[C@]12CC[C@H]3[C@@H]([C@@H](O)C[C@@]4(O)CCCC[C@]34C)[C@@H]1C[C@@H](F)C2=O. The Balaban J connectivity index is 1.75. The largest absolute Gasteiger partial charge is 0.393 e. The van der Waals surface area contributed by atoms with Crippen molar-refractivity contribution in [1.82, 2.24) is 0 Å². The van der Waals surface area contributed by atoms with Gasteiger partial charge in [-0.3, -0.25) is 4.79 Å². The molecule has 3 nitrogen and oxygen atoms in total. The fourth-order valence-electron chi connectivity index (χ4n) is 7.00. The van der Waals surface area contributed by atoms with Crippen LogP contribution in [0.3, 0.4) is 0 Å². The Morgan fingerprint density at radius 2 is 1.83 bits per heavy atom. The van der Waals surface area contributed by atoms with Crippen molar-refractivity contribution in [3.8, 4) is 0 Å². The zero-order chi connectivity index (χ0) is 16.6. The third-order valence-corrected chi connectivity index (χ3v) is 8.44.